The van der Waals surface area contributed by atoms with E-state index >= 15 is 0 Å². The van der Waals surface area contributed by atoms with Crippen LogP contribution in [0.2, 0.25) is 0 Å². The van der Waals surface area contributed by atoms with Crippen molar-refractivity contribution < 1.29 is 27.4 Å². The molecule has 2 aromatic carbocycles. The molecule has 0 saturated carbocycles. The van der Waals surface area contributed by atoms with Gasteiger partial charge < -0.3 is 19.5 Å². The molecular formula is C22H25ClN4O6S. The molecule has 1 atom stereocenters. The summed E-state index contributed by atoms with van der Waals surface area (Å²) in [6, 6.07) is 8.02. The van der Waals surface area contributed by atoms with Crippen LogP contribution in [0.3, 0.4) is 0 Å². The molecule has 0 fully saturated rings. The summed E-state index contributed by atoms with van der Waals surface area (Å²) in [7, 11) is 2.34. The van der Waals surface area contributed by atoms with Gasteiger partial charge in [0.2, 0.25) is 15.9 Å². The van der Waals surface area contributed by atoms with Crippen molar-refractivity contribution in [2.24, 2.45) is 0 Å². The molecule has 12 heteroatoms. The monoisotopic (exact) mass is 508 g/mol. The van der Waals surface area contributed by atoms with Gasteiger partial charge in [-0.05, 0) is 29.8 Å². The number of methoxy groups -OCH3 is 2. The van der Waals surface area contributed by atoms with Crippen molar-refractivity contribution in [3.63, 3.8) is 0 Å². The van der Waals surface area contributed by atoms with E-state index in [1.807, 2.05) is 0 Å². The SMILES string of the molecule is COCCOc1cc2ncnc(C3C(=O)Nc4ccc(S(=O)(=O)N(C)C)cc43)c2cc1OC.Cl. The van der Waals surface area contributed by atoms with Crippen LogP contribution < -0.4 is 14.8 Å². The fourth-order valence-corrected chi connectivity index (χ4v) is 4.64. The van der Waals surface area contributed by atoms with E-state index in [4.69, 9.17) is 14.2 Å². The number of sulfonamides is 1. The lowest BCUT2D eigenvalue weighted by atomic mass is 9.94. The van der Waals surface area contributed by atoms with Gasteiger partial charge in [0.25, 0.3) is 0 Å². The Hall–Kier alpha value is -2.99. The second-order valence-corrected chi connectivity index (χ2v) is 9.73. The summed E-state index contributed by atoms with van der Waals surface area (Å²) in [5, 5.41) is 3.41. The van der Waals surface area contributed by atoms with Crippen LogP contribution in [-0.4, -0.2) is 70.1 Å². The molecule has 0 saturated heterocycles. The van der Waals surface area contributed by atoms with Gasteiger partial charge in [0.15, 0.2) is 11.5 Å². The molecule has 182 valence electrons. The second-order valence-electron chi connectivity index (χ2n) is 7.58. The van der Waals surface area contributed by atoms with Gasteiger partial charge in [0, 0.05) is 38.3 Å². The summed E-state index contributed by atoms with van der Waals surface area (Å²) >= 11 is 0. The molecule has 1 aromatic heterocycles. The minimum Gasteiger partial charge on any atom is -0.493 e. The number of benzene rings is 2. The maximum atomic E-state index is 13.0. The summed E-state index contributed by atoms with van der Waals surface area (Å²) in [5.41, 5.74) is 2.08. The Kier molecular flexibility index (Phi) is 7.61. The normalized spacial score (nSPS) is 15.1. The number of anilines is 1. The van der Waals surface area contributed by atoms with Crippen molar-refractivity contribution in [2.75, 3.05) is 46.8 Å². The Morgan fingerprint density at radius 2 is 1.82 bits per heavy atom. The fourth-order valence-electron chi connectivity index (χ4n) is 3.70. The standard InChI is InChI=1S/C22H24N4O6S.ClH/c1-26(2)33(28,29)13-5-6-16-14(9-13)20(22(27)25-16)21-15-10-18(31-4)19(32-8-7-30-3)11-17(15)23-12-24-21;/h5-6,9-12,20H,7-8H2,1-4H3,(H,25,27);1H. The zero-order chi connectivity index (χ0) is 23.8. The van der Waals surface area contributed by atoms with Gasteiger partial charge in [-0.2, -0.15) is 0 Å². The van der Waals surface area contributed by atoms with E-state index in [0.717, 1.165) is 4.31 Å². The molecule has 0 spiro atoms. The third-order valence-electron chi connectivity index (χ3n) is 5.40. The van der Waals surface area contributed by atoms with Crippen LogP contribution in [0.5, 0.6) is 11.5 Å². The highest BCUT2D eigenvalue weighted by Gasteiger charge is 2.36. The lowest BCUT2D eigenvalue weighted by molar-refractivity contribution is -0.116. The first-order valence-electron chi connectivity index (χ1n) is 10.1. The molecule has 10 nitrogen and oxygen atoms in total. The van der Waals surface area contributed by atoms with Gasteiger partial charge in [0.1, 0.15) is 18.9 Å². The second kappa shape index (κ2) is 10.1. The number of carbonyl (C=O) groups is 1. The zero-order valence-electron chi connectivity index (χ0n) is 19.1. The minimum absolute atomic E-state index is 0. The molecule has 0 bridgehead atoms. The first-order chi connectivity index (χ1) is 15.8. The highest BCUT2D eigenvalue weighted by Crippen LogP contribution is 2.41. The number of fused-ring (bicyclic) bond motifs is 2. The van der Waals surface area contributed by atoms with Crippen molar-refractivity contribution in [1.29, 1.82) is 0 Å². The minimum atomic E-state index is -3.68. The Morgan fingerprint density at radius 1 is 1.06 bits per heavy atom. The number of halogens is 1. The molecule has 1 aliphatic rings. The maximum absolute atomic E-state index is 13.0. The number of carbonyl (C=O) groups excluding carboxylic acids is 1. The zero-order valence-corrected chi connectivity index (χ0v) is 20.7. The van der Waals surface area contributed by atoms with Crippen LogP contribution in [-0.2, 0) is 19.6 Å². The van der Waals surface area contributed by atoms with Crippen LogP contribution in [0.25, 0.3) is 10.9 Å². The van der Waals surface area contributed by atoms with E-state index in [1.165, 1.54) is 39.7 Å². The molecule has 1 unspecified atom stereocenters. The van der Waals surface area contributed by atoms with Crippen LogP contribution >= 0.6 is 12.4 Å². The molecule has 0 aliphatic carbocycles. The van der Waals surface area contributed by atoms with Crippen molar-refractivity contribution >= 4 is 44.9 Å². The third-order valence-corrected chi connectivity index (χ3v) is 7.21. The lowest BCUT2D eigenvalue weighted by Gasteiger charge is -2.16. The number of ether oxygens (including phenoxy) is 3. The van der Waals surface area contributed by atoms with Gasteiger partial charge in [-0.15, -0.1) is 12.4 Å². The van der Waals surface area contributed by atoms with Crippen LogP contribution in [0.1, 0.15) is 17.2 Å². The van der Waals surface area contributed by atoms with Gasteiger partial charge in [-0.3, -0.25) is 4.79 Å². The largest absolute Gasteiger partial charge is 0.493 e. The first kappa shape index (κ1) is 25.6. The first-order valence-corrected chi connectivity index (χ1v) is 11.5. The van der Waals surface area contributed by atoms with Gasteiger partial charge >= 0.3 is 0 Å². The predicted octanol–water partition coefficient (Wildman–Crippen LogP) is 2.42. The van der Waals surface area contributed by atoms with Crippen LogP contribution in [0.15, 0.2) is 41.6 Å². The number of rotatable bonds is 8. The van der Waals surface area contributed by atoms with Crippen molar-refractivity contribution in [3.8, 4) is 11.5 Å². The molecule has 1 aliphatic heterocycles. The lowest BCUT2D eigenvalue weighted by Crippen LogP contribution is -2.22. The summed E-state index contributed by atoms with van der Waals surface area (Å²) in [6.45, 7) is 0.741. The van der Waals surface area contributed by atoms with E-state index in [0.29, 0.717) is 52.6 Å². The number of hydrogen-bond donors (Lipinski definition) is 1. The molecule has 1 amide bonds. The summed E-state index contributed by atoms with van der Waals surface area (Å²) < 4.78 is 42.7. The molecule has 0 radical (unpaired) electrons. The molecular weight excluding hydrogens is 484 g/mol. The Labute approximate surface area is 203 Å². The average Bonchev–Trinajstić information content (AvgIpc) is 3.12. The summed E-state index contributed by atoms with van der Waals surface area (Å²) in [5.74, 6) is -0.170. The predicted molar refractivity (Wildman–Crippen MR) is 128 cm³/mol. The average molecular weight is 509 g/mol. The van der Waals surface area contributed by atoms with Gasteiger partial charge in [0.05, 0.1) is 29.8 Å². The fraction of sp³-hybridized carbons (Fsp3) is 0.318. The van der Waals surface area contributed by atoms with Crippen molar-refractivity contribution in [3.05, 3.63) is 47.9 Å². The summed E-state index contributed by atoms with van der Waals surface area (Å²) in [4.78, 5) is 21.8. The van der Waals surface area contributed by atoms with Crippen molar-refractivity contribution in [1.82, 2.24) is 14.3 Å². The number of nitrogens with one attached hydrogen (secondary N) is 1. The van der Waals surface area contributed by atoms with Gasteiger partial charge in [-0.25, -0.2) is 22.7 Å². The molecule has 3 aromatic rings. The molecule has 2 heterocycles. The number of aromatic nitrogens is 2. The molecule has 1 N–H and O–H groups in total. The topological polar surface area (TPSA) is 120 Å². The summed E-state index contributed by atoms with van der Waals surface area (Å²) in [6.07, 6.45) is 1.37. The smallest absolute Gasteiger partial charge is 0.242 e. The Morgan fingerprint density at radius 3 is 2.50 bits per heavy atom. The van der Waals surface area contributed by atoms with Crippen LogP contribution in [0, 0.1) is 0 Å². The maximum Gasteiger partial charge on any atom is 0.242 e. The number of hydrogen-bond acceptors (Lipinski definition) is 8. The number of amides is 1. The highest BCUT2D eigenvalue weighted by molar-refractivity contribution is 7.89. The van der Waals surface area contributed by atoms with E-state index in [9.17, 15) is 13.2 Å². The third kappa shape index (κ3) is 4.51. The van der Waals surface area contributed by atoms with Crippen molar-refractivity contribution in [2.45, 2.75) is 10.8 Å². The van der Waals surface area contributed by atoms with E-state index < -0.39 is 15.9 Å². The number of nitrogens with zero attached hydrogens (tertiary/aromatic N) is 3. The van der Waals surface area contributed by atoms with Crippen LogP contribution in [0.4, 0.5) is 5.69 Å². The Balaban J connectivity index is 0.00000324. The molecule has 34 heavy (non-hydrogen) atoms. The van der Waals surface area contributed by atoms with E-state index in [-0.39, 0.29) is 23.2 Å². The van der Waals surface area contributed by atoms with Gasteiger partial charge in [-0.1, -0.05) is 0 Å². The van der Waals surface area contributed by atoms with E-state index in [2.05, 4.69) is 15.3 Å². The quantitative estimate of drug-likeness (QED) is 0.461. The van der Waals surface area contributed by atoms with E-state index in [1.54, 1.807) is 25.3 Å². The highest BCUT2D eigenvalue weighted by atomic mass is 35.5. The Bertz CT molecular complexity index is 1330. The molecule has 4 rings (SSSR count).